The van der Waals surface area contributed by atoms with Crippen LogP contribution in [0, 0.1) is 0 Å². The number of hydrogen-bond acceptors (Lipinski definition) is 3. The first kappa shape index (κ1) is 56.3. The van der Waals surface area contributed by atoms with Crippen LogP contribution in [0.5, 0.6) is 0 Å². The largest absolute Gasteiger partial charge is 0.456 e. The number of fused-ring (bicyclic) bond motifs is 30. The third-order valence-electron chi connectivity index (χ3n) is 23.9. The molecule has 0 amide bonds. The minimum absolute atomic E-state index is 0.356. The normalized spacial score (nSPS) is 13.2. The molecule has 0 aliphatic heterocycles. The van der Waals surface area contributed by atoms with E-state index >= 15 is 0 Å². The predicted octanol–water partition coefficient (Wildman–Crippen LogP) is 27.7. The van der Waals surface area contributed by atoms with E-state index in [1.807, 2.05) is 0 Å². The van der Waals surface area contributed by atoms with E-state index in [2.05, 4.69) is 360 Å². The van der Waals surface area contributed by atoms with Gasteiger partial charge in [0.2, 0.25) is 0 Å². The number of benzene rings is 18. The van der Waals surface area contributed by atoms with Gasteiger partial charge in [0.25, 0.3) is 0 Å². The highest BCUT2D eigenvalue weighted by Gasteiger charge is 2.38. The molecule has 0 saturated carbocycles. The zero-order chi connectivity index (χ0) is 67.9. The molecule has 23 aromatic rings. The number of nitrogens with zero attached hydrogens (tertiary/aromatic N) is 4. The van der Waals surface area contributed by atoms with Gasteiger partial charge in [-0.1, -0.05) is 238 Å². The Labute approximate surface area is 596 Å². The van der Waals surface area contributed by atoms with Crippen molar-refractivity contribution in [1.29, 1.82) is 0 Å². The molecule has 0 spiro atoms. The van der Waals surface area contributed by atoms with Crippen molar-refractivity contribution in [2.75, 3.05) is 9.80 Å². The van der Waals surface area contributed by atoms with Crippen molar-refractivity contribution in [3.05, 3.63) is 339 Å². The van der Waals surface area contributed by atoms with E-state index < -0.39 is 0 Å². The van der Waals surface area contributed by atoms with E-state index in [1.165, 1.54) is 169 Å². The van der Waals surface area contributed by atoms with Gasteiger partial charge in [0.05, 0.1) is 44.5 Å². The minimum Gasteiger partial charge on any atom is -0.456 e. The van der Waals surface area contributed by atoms with Crippen LogP contribution in [0.4, 0.5) is 34.1 Å². The van der Waals surface area contributed by atoms with E-state index in [4.69, 9.17) is 4.42 Å². The summed E-state index contributed by atoms with van der Waals surface area (Å²) in [7, 11) is 0. The van der Waals surface area contributed by atoms with Crippen LogP contribution in [0.2, 0.25) is 0 Å². The van der Waals surface area contributed by atoms with Gasteiger partial charge in [0.1, 0.15) is 11.2 Å². The Morgan fingerprint density at radius 1 is 0.240 bits per heavy atom. The highest BCUT2D eigenvalue weighted by atomic mass is 16.3. The molecule has 104 heavy (non-hydrogen) atoms. The monoisotopic (exact) mass is 1320 g/mol. The molecule has 24 rings (SSSR count). The maximum Gasteiger partial charge on any atom is 0.137 e. The van der Waals surface area contributed by atoms with Crippen molar-refractivity contribution in [3.63, 3.8) is 0 Å². The van der Waals surface area contributed by atoms with E-state index in [9.17, 15) is 0 Å². The summed E-state index contributed by atoms with van der Waals surface area (Å²) in [6.45, 7) is 4.88. The van der Waals surface area contributed by atoms with Crippen molar-refractivity contribution in [2.24, 2.45) is 0 Å². The Bertz CT molecular complexity index is 7660. The lowest BCUT2D eigenvalue weighted by Crippen LogP contribution is -2.17. The lowest BCUT2D eigenvalue weighted by Gasteiger charge is -2.29. The average Bonchev–Trinajstić information content (AvgIpc) is 1.51. The molecule has 1 aliphatic carbocycles. The molecule has 5 heterocycles. The van der Waals surface area contributed by atoms with E-state index in [0.29, 0.717) is 0 Å². The standard InChI is InChI=1S/C99H60N4O/c1-99(2)84-52-57(42-47-73(84)74-50-45-60(55-85(74)99)100(58-43-48-71-67-24-5-3-20-63(67)65-22-7-9-26-69(65)82(71)53-58)88-37-18-39-90-95(88)80-33-15-31-78-75-28-11-13-35-86(75)102(90)97(78)80)62-30-17-36-87-94(62)79-32-16-34-81-96-89(38-19-40-91(96)103(87)98(79)81)101(61-46-51-77-76-29-12-14-41-92(76)104-93(77)56-61)59-44-49-72-68-25-6-4-21-64(68)66-23-8-10-27-70(66)83(72)54-59/h3-56H,1-2H3. The Morgan fingerprint density at radius 2 is 0.606 bits per heavy atom. The maximum absolute atomic E-state index is 6.69. The van der Waals surface area contributed by atoms with Crippen LogP contribution in [0.25, 0.3) is 185 Å². The second kappa shape index (κ2) is 20.4. The summed E-state index contributed by atoms with van der Waals surface area (Å²) < 4.78 is 11.7. The number of anilines is 6. The van der Waals surface area contributed by atoms with Gasteiger partial charge in [0.15, 0.2) is 0 Å². The third-order valence-corrected chi connectivity index (χ3v) is 23.9. The van der Waals surface area contributed by atoms with Crippen molar-refractivity contribution in [3.8, 4) is 22.3 Å². The van der Waals surface area contributed by atoms with Gasteiger partial charge in [-0.2, -0.15) is 0 Å². The first-order chi connectivity index (χ1) is 51.4. The summed E-state index contributed by atoms with van der Waals surface area (Å²) in [6.07, 6.45) is 0. The molecule has 0 bridgehead atoms. The summed E-state index contributed by atoms with van der Waals surface area (Å²) in [4.78, 5) is 5.03. The Balaban J connectivity index is 0.668. The summed E-state index contributed by atoms with van der Waals surface area (Å²) in [5, 5.41) is 27.2. The molecule has 482 valence electrons. The quantitative estimate of drug-likeness (QED) is 0.149. The topological polar surface area (TPSA) is 28.4 Å². The summed E-state index contributed by atoms with van der Waals surface area (Å²) in [5.74, 6) is 0. The number of furan rings is 1. The second-order valence-corrected chi connectivity index (χ2v) is 29.3. The Hall–Kier alpha value is -13.5. The van der Waals surface area contributed by atoms with Crippen molar-refractivity contribution < 1.29 is 4.42 Å². The smallest absolute Gasteiger partial charge is 0.137 e. The molecule has 0 saturated heterocycles. The Morgan fingerprint density at radius 3 is 1.18 bits per heavy atom. The molecule has 18 aromatic carbocycles. The third kappa shape index (κ3) is 7.36. The Kier molecular flexibility index (Phi) is 11.0. The fourth-order valence-corrected chi connectivity index (χ4v) is 19.4. The predicted molar refractivity (Wildman–Crippen MR) is 440 cm³/mol. The van der Waals surface area contributed by atoms with Gasteiger partial charge in [-0.05, 0) is 195 Å². The molecule has 0 radical (unpaired) electrons. The number of para-hydroxylation sites is 4. The van der Waals surface area contributed by atoms with E-state index in [0.717, 1.165) is 61.6 Å². The molecular formula is C99H60N4O. The van der Waals surface area contributed by atoms with Crippen LogP contribution < -0.4 is 9.80 Å². The van der Waals surface area contributed by atoms with E-state index in [1.54, 1.807) is 0 Å². The van der Waals surface area contributed by atoms with Crippen LogP contribution in [-0.2, 0) is 5.41 Å². The SMILES string of the molecule is CC1(C)c2cc(-c3cccc4c3c3cccc5c6c(N(c7ccc8c(c7)oc7ccccc78)c7ccc8c9ccccc9c9ccccc9c8c7)cccc6n4c35)ccc2-c2ccc(N(c3ccc4c5ccccc5c5ccccc5c4c3)c3cccc4c3c3cccc5c6ccccc6n4c53)cc21. The highest BCUT2D eigenvalue weighted by Crippen LogP contribution is 2.56. The van der Waals surface area contributed by atoms with Crippen molar-refractivity contribution in [2.45, 2.75) is 19.3 Å². The van der Waals surface area contributed by atoms with Gasteiger partial charge in [0, 0.05) is 88.1 Å². The summed E-state index contributed by atoms with van der Waals surface area (Å²) in [5.41, 5.74) is 22.9. The molecule has 5 heteroatoms. The summed E-state index contributed by atoms with van der Waals surface area (Å²) >= 11 is 0. The lowest BCUT2D eigenvalue weighted by atomic mass is 9.81. The van der Waals surface area contributed by atoms with Crippen LogP contribution >= 0.6 is 0 Å². The van der Waals surface area contributed by atoms with Crippen LogP contribution in [0.15, 0.2) is 332 Å². The molecule has 0 fully saturated rings. The first-order valence-electron chi connectivity index (χ1n) is 36.2. The van der Waals surface area contributed by atoms with Gasteiger partial charge < -0.3 is 23.0 Å². The average molecular weight is 1320 g/mol. The molecule has 5 aromatic heterocycles. The molecular weight excluding hydrogens is 1260 g/mol. The van der Waals surface area contributed by atoms with Crippen LogP contribution in [-0.4, -0.2) is 8.80 Å². The van der Waals surface area contributed by atoms with Gasteiger partial charge >= 0.3 is 0 Å². The first-order valence-corrected chi connectivity index (χ1v) is 36.2. The van der Waals surface area contributed by atoms with Crippen molar-refractivity contribution in [1.82, 2.24) is 8.80 Å². The van der Waals surface area contributed by atoms with Crippen LogP contribution in [0.3, 0.4) is 0 Å². The fraction of sp³-hybridized carbons (Fsp3) is 0.0303. The zero-order valence-corrected chi connectivity index (χ0v) is 56.9. The molecule has 1 aliphatic rings. The van der Waals surface area contributed by atoms with Crippen molar-refractivity contribution >= 4 is 197 Å². The lowest BCUT2D eigenvalue weighted by molar-refractivity contribution is 0.660. The highest BCUT2D eigenvalue weighted by molar-refractivity contribution is 6.32. The van der Waals surface area contributed by atoms with Crippen LogP contribution in [0.1, 0.15) is 25.0 Å². The minimum atomic E-state index is -0.356. The number of aromatic nitrogens is 2. The van der Waals surface area contributed by atoms with Gasteiger partial charge in [-0.3, -0.25) is 0 Å². The van der Waals surface area contributed by atoms with Gasteiger partial charge in [-0.15, -0.1) is 0 Å². The number of rotatable bonds is 7. The number of hydrogen-bond donors (Lipinski definition) is 0. The maximum atomic E-state index is 6.69. The molecule has 0 unspecified atom stereocenters. The molecule has 5 nitrogen and oxygen atoms in total. The molecule has 0 N–H and O–H groups in total. The second-order valence-electron chi connectivity index (χ2n) is 29.3. The summed E-state index contributed by atoms with van der Waals surface area (Å²) in [6, 6.07) is 123. The van der Waals surface area contributed by atoms with E-state index in [-0.39, 0.29) is 5.41 Å². The molecule has 0 atom stereocenters. The van der Waals surface area contributed by atoms with Gasteiger partial charge in [-0.25, -0.2) is 0 Å². The fourth-order valence-electron chi connectivity index (χ4n) is 19.4. The zero-order valence-electron chi connectivity index (χ0n) is 56.9.